The number of hydrogen-bond donors (Lipinski definition) is 0. The largest absolute Gasteiger partial charge is 0.494 e. The van der Waals surface area contributed by atoms with E-state index in [0.717, 1.165) is 11.1 Å². The lowest BCUT2D eigenvalue weighted by Crippen LogP contribution is -2.40. The fourth-order valence-corrected chi connectivity index (χ4v) is 5.14. The van der Waals surface area contributed by atoms with Crippen molar-refractivity contribution < 1.29 is 19.0 Å². The van der Waals surface area contributed by atoms with Crippen molar-refractivity contribution in [3.8, 4) is 11.5 Å². The molecule has 1 aromatic heterocycles. The van der Waals surface area contributed by atoms with Crippen LogP contribution in [0.3, 0.4) is 0 Å². The molecule has 192 valence electrons. The molecular weight excluding hydrogens is 488 g/mol. The van der Waals surface area contributed by atoms with E-state index in [1.807, 2.05) is 61.5 Å². The fourth-order valence-electron chi connectivity index (χ4n) is 4.09. The Bertz CT molecular complexity index is 1510. The van der Waals surface area contributed by atoms with Crippen LogP contribution in [0.5, 0.6) is 11.5 Å². The number of allylic oxidation sites excluding steroid dienone is 1. The number of thiazole rings is 1. The van der Waals surface area contributed by atoms with Gasteiger partial charge < -0.3 is 14.2 Å². The van der Waals surface area contributed by atoms with Gasteiger partial charge in [-0.05, 0) is 69.2 Å². The third-order valence-electron chi connectivity index (χ3n) is 5.61. The Labute approximate surface area is 219 Å². The van der Waals surface area contributed by atoms with E-state index >= 15 is 0 Å². The van der Waals surface area contributed by atoms with Gasteiger partial charge in [-0.1, -0.05) is 48.3 Å². The molecule has 0 spiro atoms. The molecule has 0 fully saturated rings. The molecule has 1 aliphatic rings. The van der Waals surface area contributed by atoms with Crippen LogP contribution < -0.4 is 24.4 Å². The van der Waals surface area contributed by atoms with Gasteiger partial charge in [0.05, 0.1) is 34.6 Å². The minimum atomic E-state index is -0.678. The molecule has 1 aliphatic heterocycles. The maximum atomic E-state index is 13.8. The smallest absolute Gasteiger partial charge is 0.338 e. The van der Waals surface area contributed by atoms with Crippen LogP contribution in [0, 0.1) is 0 Å². The van der Waals surface area contributed by atoms with Crippen molar-refractivity contribution in [1.29, 1.82) is 0 Å². The molecule has 1 atom stereocenters. The van der Waals surface area contributed by atoms with E-state index in [4.69, 9.17) is 14.2 Å². The van der Waals surface area contributed by atoms with Gasteiger partial charge in [-0.15, -0.1) is 0 Å². The summed E-state index contributed by atoms with van der Waals surface area (Å²) in [5.41, 5.74) is 2.22. The number of hydrogen-bond acceptors (Lipinski definition) is 7. The third kappa shape index (κ3) is 5.75. The summed E-state index contributed by atoms with van der Waals surface area (Å²) in [6, 6.07) is 14.2. The Balaban J connectivity index is 1.86. The number of fused-ring (bicyclic) bond motifs is 1. The number of ether oxygens (including phenoxy) is 3. The SMILES string of the molecule is C=CCOc1cccc(/C=c2/sc3n(c2=O)[C@H](c2ccc(OCC)cc2)C(C(=O)OC(C)C)=C(C)N=3)c1. The average Bonchev–Trinajstić information content (AvgIpc) is 3.16. The predicted octanol–water partition coefficient (Wildman–Crippen LogP) is 4.15. The first-order valence-electron chi connectivity index (χ1n) is 12.1. The van der Waals surface area contributed by atoms with Gasteiger partial charge in [-0.2, -0.15) is 0 Å². The summed E-state index contributed by atoms with van der Waals surface area (Å²) in [4.78, 5) is 32.1. The third-order valence-corrected chi connectivity index (χ3v) is 6.60. The molecule has 4 rings (SSSR count). The van der Waals surface area contributed by atoms with E-state index in [0.29, 0.717) is 45.3 Å². The average molecular weight is 519 g/mol. The van der Waals surface area contributed by atoms with Crippen LogP contribution in [0.4, 0.5) is 0 Å². The molecule has 0 amide bonds. The monoisotopic (exact) mass is 518 g/mol. The Morgan fingerprint density at radius 3 is 2.59 bits per heavy atom. The summed E-state index contributed by atoms with van der Waals surface area (Å²) in [6.45, 7) is 11.9. The molecule has 2 aromatic carbocycles. The zero-order valence-electron chi connectivity index (χ0n) is 21.4. The van der Waals surface area contributed by atoms with Crippen molar-refractivity contribution in [3.05, 3.63) is 103 Å². The molecule has 0 saturated heterocycles. The fraction of sp³-hybridized carbons (Fsp3) is 0.276. The van der Waals surface area contributed by atoms with Crippen LogP contribution in [0.15, 0.2) is 82.2 Å². The van der Waals surface area contributed by atoms with Gasteiger partial charge in [-0.25, -0.2) is 9.79 Å². The van der Waals surface area contributed by atoms with Crippen LogP contribution in [-0.4, -0.2) is 29.9 Å². The first-order chi connectivity index (χ1) is 17.8. The molecule has 0 radical (unpaired) electrons. The molecule has 37 heavy (non-hydrogen) atoms. The number of aromatic nitrogens is 1. The summed E-state index contributed by atoms with van der Waals surface area (Å²) in [7, 11) is 0. The number of carbonyl (C=O) groups excluding carboxylic acids is 1. The van der Waals surface area contributed by atoms with E-state index < -0.39 is 12.0 Å². The van der Waals surface area contributed by atoms with E-state index in [2.05, 4.69) is 11.6 Å². The van der Waals surface area contributed by atoms with Crippen molar-refractivity contribution >= 4 is 23.4 Å². The van der Waals surface area contributed by atoms with E-state index in [-0.39, 0.29) is 11.7 Å². The van der Waals surface area contributed by atoms with Crippen molar-refractivity contribution in [2.75, 3.05) is 13.2 Å². The van der Waals surface area contributed by atoms with E-state index in [1.54, 1.807) is 31.4 Å². The van der Waals surface area contributed by atoms with Crippen LogP contribution in [-0.2, 0) is 9.53 Å². The molecule has 8 heteroatoms. The van der Waals surface area contributed by atoms with Gasteiger partial charge in [0.15, 0.2) is 4.80 Å². The summed E-state index contributed by atoms with van der Waals surface area (Å²) >= 11 is 1.28. The molecule has 0 unspecified atom stereocenters. The van der Waals surface area contributed by atoms with Gasteiger partial charge in [0.2, 0.25) is 0 Å². The highest BCUT2D eigenvalue weighted by Gasteiger charge is 2.33. The highest BCUT2D eigenvalue weighted by atomic mass is 32.1. The van der Waals surface area contributed by atoms with Crippen molar-refractivity contribution in [1.82, 2.24) is 4.57 Å². The summed E-state index contributed by atoms with van der Waals surface area (Å²) < 4.78 is 18.8. The van der Waals surface area contributed by atoms with Gasteiger partial charge in [-0.3, -0.25) is 9.36 Å². The topological polar surface area (TPSA) is 79.1 Å². The maximum Gasteiger partial charge on any atom is 0.338 e. The molecule has 2 heterocycles. The van der Waals surface area contributed by atoms with Crippen molar-refractivity contribution in [2.45, 2.75) is 39.8 Å². The lowest BCUT2D eigenvalue weighted by atomic mass is 9.96. The molecule has 0 saturated carbocycles. The molecule has 7 nitrogen and oxygen atoms in total. The standard InChI is InChI=1S/C29H30N2O5S/c1-6-15-35-23-10-8-9-20(16-23)17-24-27(32)31-26(21-11-13-22(14-12-21)34-7-2)25(28(33)36-18(3)4)19(5)30-29(31)37-24/h6,8-14,16-18,26H,1,7,15H2,2-5H3/b24-17+/t26-/m1/s1. The van der Waals surface area contributed by atoms with Gasteiger partial charge in [0, 0.05) is 0 Å². The molecule has 0 N–H and O–H groups in total. The van der Waals surface area contributed by atoms with Crippen molar-refractivity contribution in [2.24, 2.45) is 4.99 Å². The van der Waals surface area contributed by atoms with Gasteiger partial charge in [0.25, 0.3) is 5.56 Å². The number of benzene rings is 2. The maximum absolute atomic E-state index is 13.8. The van der Waals surface area contributed by atoms with Crippen LogP contribution >= 0.6 is 11.3 Å². The Morgan fingerprint density at radius 1 is 1.16 bits per heavy atom. The molecular formula is C29H30N2O5S. The summed E-state index contributed by atoms with van der Waals surface area (Å²) in [6.07, 6.45) is 3.18. The summed E-state index contributed by atoms with van der Waals surface area (Å²) in [5.74, 6) is 0.906. The minimum Gasteiger partial charge on any atom is -0.494 e. The normalized spacial score (nSPS) is 15.3. The zero-order valence-corrected chi connectivity index (χ0v) is 22.2. The Hall–Kier alpha value is -3.91. The minimum absolute atomic E-state index is 0.234. The first-order valence-corrected chi connectivity index (χ1v) is 12.9. The number of esters is 1. The van der Waals surface area contributed by atoms with Crippen molar-refractivity contribution in [3.63, 3.8) is 0 Å². The van der Waals surface area contributed by atoms with Gasteiger partial charge in [0.1, 0.15) is 18.1 Å². The molecule has 0 aliphatic carbocycles. The zero-order chi connectivity index (χ0) is 26.5. The predicted molar refractivity (Wildman–Crippen MR) is 145 cm³/mol. The Kier molecular flexibility index (Phi) is 8.08. The van der Waals surface area contributed by atoms with Crippen LogP contribution in [0.2, 0.25) is 0 Å². The Morgan fingerprint density at radius 2 is 1.92 bits per heavy atom. The summed E-state index contributed by atoms with van der Waals surface area (Å²) in [5, 5.41) is 0. The van der Waals surface area contributed by atoms with E-state index in [9.17, 15) is 9.59 Å². The second-order valence-corrected chi connectivity index (χ2v) is 9.72. The van der Waals surface area contributed by atoms with Gasteiger partial charge >= 0.3 is 5.97 Å². The first kappa shape index (κ1) is 26.2. The molecule has 0 bridgehead atoms. The van der Waals surface area contributed by atoms with Crippen LogP contribution in [0.25, 0.3) is 6.08 Å². The number of rotatable bonds is 9. The van der Waals surface area contributed by atoms with Crippen LogP contribution in [0.1, 0.15) is 44.9 Å². The van der Waals surface area contributed by atoms with E-state index in [1.165, 1.54) is 11.3 Å². The molecule has 3 aromatic rings. The quantitative estimate of drug-likeness (QED) is 0.314. The number of nitrogens with zero attached hydrogens (tertiary/aromatic N) is 2. The second-order valence-electron chi connectivity index (χ2n) is 8.71. The lowest BCUT2D eigenvalue weighted by Gasteiger charge is -2.25. The highest BCUT2D eigenvalue weighted by molar-refractivity contribution is 7.07. The lowest BCUT2D eigenvalue weighted by molar-refractivity contribution is -0.143. The number of carbonyl (C=O) groups is 1. The highest BCUT2D eigenvalue weighted by Crippen LogP contribution is 2.32. The second kappa shape index (κ2) is 11.4.